The summed E-state index contributed by atoms with van der Waals surface area (Å²) in [5, 5.41) is 0.00700. The van der Waals surface area contributed by atoms with Gasteiger partial charge in [0.05, 0.1) is 5.38 Å². The number of benzene rings is 1. The number of pyridine rings is 1. The Balaban J connectivity index is 1.96. The third kappa shape index (κ3) is 11.0. The van der Waals surface area contributed by atoms with Gasteiger partial charge in [0.25, 0.3) is 0 Å². The second-order valence-corrected chi connectivity index (χ2v) is 10.6. The van der Waals surface area contributed by atoms with Crippen molar-refractivity contribution < 1.29 is 4.74 Å². The fraction of sp³-hybridized carbons (Fsp3) is 0.633. The van der Waals surface area contributed by atoms with Crippen LogP contribution in [0.4, 0.5) is 0 Å². The zero-order valence-corrected chi connectivity index (χ0v) is 22.2. The molecule has 2 nitrogen and oxygen atoms in total. The Morgan fingerprint density at radius 1 is 0.879 bits per heavy atom. The van der Waals surface area contributed by atoms with Gasteiger partial charge in [-0.25, -0.2) is 0 Å². The lowest BCUT2D eigenvalue weighted by atomic mass is 9.97. The van der Waals surface area contributed by atoms with E-state index in [9.17, 15) is 0 Å². The lowest BCUT2D eigenvalue weighted by Crippen LogP contribution is -2.20. The van der Waals surface area contributed by atoms with Crippen LogP contribution in [0.5, 0.6) is 5.75 Å². The molecule has 1 heterocycles. The van der Waals surface area contributed by atoms with Crippen molar-refractivity contribution in [1.29, 1.82) is 0 Å². The predicted octanol–water partition coefficient (Wildman–Crippen LogP) is 9.49. The second-order valence-electron chi connectivity index (χ2n) is 10.1. The first kappa shape index (κ1) is 27.7. The molecule has 0 amide bonds. The number of alkyl halides is 1. The first-order valence-corrected chi connectivity index (χ1v) is 13.8. The summed E-state index contributed by atoms with van der Waals surface area (Å²) in [4.78, 5) is 4.81. The summed E-state index contributed by atoms with van der Waals surface area (Å²) < 4.78 is 6.32. The Morgan fingerprint density at radius 3 is 2.27 bits per heavy atom. The fourth-order valence-electron chi connectivity index (χ4n) is 4.19. The van der Waals surface area contributed by atoms with Gasteiger partial charge in [0.2, 0.25) is 0 Å². The van der Waals surface area contributed by atoms with Crippen LogP contribution >= 0.6 is 11.6 Å². The topological polar surface area (TPSA) is 22.1 Å². The zero-order valence-electron chi connectivity index (χ0n) is 21.5. The van der Waals surface area contributed by atoms with Crippen molar-refractivity contribution in [3.63, 3.8) is 0 Å². The Kier molecular flexibility index (Phi) is 13.6. The number of hydrogen-bond donors (Lipinski definition) is 0. The van der Waals surface area contributed by atoms with Crippen molar-refractivity contribution in [2.45, 2.75) is 104 Å². The van der Waals surface area contributed by atoms with E-state index in [1.54, 1.807) is 0 Å². The predicted molar refractivity (Wildman–Crippen MR) is 144 cm³/mol. The Hall–Kier alpha value is -1.54. The molecule has 184 valence electrons. The van der Waals surface area contributed by atoms with Crippen LogP contribution in [-0.4, -0.2) is 17.0 Å². The van der Waals surface area contributed by atoms with E-state index in [1.807, 2.05) is 24.4 Å². The second kappa shape index (κ2) is 16.1. The summed E-state index contributed by atoms with van der Waals surface area (Å²) in [6, 6.07) is 12.5. The van der Waals surface area contributed by atoms with E-state index in [-0.39, 0.29) is 5.38 Å². The number of aryl methyl sites for hydroxylation is 1. The number of hydrogen-bond acceptors (Lipinski definition) is 2. The molecule has 1 aromatic carbocycles. The number of aromatic nitrogens is 1. The van der Waals surface area contributed by atoms with Crippen LogP contribution in [0.25, 0.3) is 11.3 Å². The number of unbranched alkanes of at least 4 members (excludes halogenated alkanes) is 6. The zero-order chi connectivity index (χ0) is 23.9. The van der Waals surface area contributed by atoms with Crippen LogP contribution < -0.4 is 4.74 Å². The van der Waals surface area contributed by atoms with E-state index in [0.29, 0.717) is 12.5 Å². The third-order valence-electron chi connectivity index (χ3n) is 6.48. The van der Waals surface area contributed by atoms with Crippen LogP contribution in [0.1, 0.15) is 97.5 Å². The van der Waals surface area contributed by atoms with Gasteiger partial charge >= 0.3 is 0 Å². The van der Waals surface area contributed by atoms with Gasteiger partial charge in [-0.1, -0.05) is 109 Å². The van der Waals surface area contributed by atoms with E-state index in [1.165, 1.54) is 63.4 Å². The van der Waals surface area contributed by atoms with E-state index < -0.39 is 0 Å². The highest BCUT2D eigenvalue weighted by atomic mass is 35.5. The molecule has 0 bridgehead atoms. The highest BCUT2D eigenvalue weighted by Crippen LogP contribution is 2.30. The van der Waals surface area contributed by atoms with Gasteiger partial charge in [0.1, 0.15) is 18.1 Å². The lowest BCUT2D eigenvalue weighted by molar-refractivity contribution is 0.280. The standard InChI is InChI=1S/C30H46ClNO/c1-5-6-7-8-9-10-12-18-26-21-29(30(32-22-26)27-19-13-11-14-20-27)33-23-28(31)25(4)17-15-16-24(2)3/h11,13-14,19-22,24-25,28H,5-10,12,15-18,23H2,1-4H3. The summed E-state index contributed by atoms with van der Waals surface area (Å²) >= 11 is 6.74. The highest BCUT2D eigenvalue weighted by molar-refractivity contribution is 6.20. The van der Waals surface area contributed by atoms with Gasteiger partial charge in [0, 0.05) is 11.8 Å². The Morgan fingerprint density at radius 2 is 1.58 bits per heavy atom. The summed E-state index contributed by atoms with van der Waals surface area (Å²) in [5.74, 6) is 2.05. The molecule has 0 fully saturated rings. The van der Waals surface area contributed by atoms with E-state index in [2.05, 4.69) is 45.9 Å². The Bertz CT molecular complexity index is 761. The maximum Gasteiger partial charge on any atom is 0.145 e. The maximum atomic E-state index is 6.74. The molecule has 0 spiro atoms. The van der Waals surface area contributed by atoms with Crippen LogP contribution in [0.2, 0.25) is 0 Å². The van der Waals surface area contributed by atoms with Crippen molar-refractivity contribution in [2.24, 2.45) is 11.8 Å². The summed E-state index contributed by atoms with van der Waals surface area (Å²) in [7, 11) is 0. The van der Waals surface area contributed by atoms with Crippen molar-refractivity contribution in [3.8, 4) is 17.0 Å². The van der Waals surface area contributed by atoms with E-state index in [4.69, 9.17) is 21.3 Å². The molecule has 2 atom stereocenters. The minimum Gasteiger partial charge on any atom is -0.490 e. The molecule has 0 saturated heterocycles. The quantitative estimate of drug-likeness (QED) is 0.169. The maximum absolute atomic E-state index is 6.74. The molecule has 33 heavy (non-hydrogen) atoms. The minimum absolute atomic E-state index is 0.00700. The normalized spacial score (nSPS) is 13.3. The SMILES string of the molecule is CCCCCCCCCc1cnc(-c2ccccc2)c(OCC(Cl)C(C)CCCC(C)C)c1. The van der Waals surface area contributed by atoms with Crippen molar-refractivity contribution in [3.05, 3.63) is 48.2 Å². The van der Waals surface area contributed by atoms with Gasteiger partial charge in [0.15, 0.2) is 0 Å². The molecule has 0 aliphatic heterocycles. The number of rotatable bonds is 17. The van der Waals surface area contributed by atoms with Crippen molar-refractivity contribution in [1.82, 2.24) is 4.98 Å². The fourth-order valence-corrected chi connectivity index (χ4v) is 4.38. The van der Waals surface area contributed by atoms with E-state index >= 15 is 0 Å². The van der Waals surface area contributed by atoms with Crippen molar-refractivity contribution in [2.75, 3.05) is 6.61 Å². The van der Waals surface area contributed by atoms with Gasteiger partial charge < -0.3 is 4.74 Å². The summed E-state index contributed by atoms with van der Waals surface area (Å²) in [5.41, 5.74) is 3.26. The number of ether oxygens (including phenoxy) is 1. The van der Waals surface area contributed by atoms with Gasteiger partial charge in [-0.15, -0.1) is 11.6 Å². The van der Waals surface area contributed by atoms with Crippen LogP contribution in [0.15, 0.2) is 42.6 Å². The molecule has 0 N–H and O–H groups in total. The van der Waals surface area contributed by atoms with Gasteiger partial charge in [-0.2, -0.15) is 0 Å². The first-order chi connectivity index (χ1) is 16.0. The average molecular weight is 472 g/mol. The Labute approximate surface area is 208 Å². The van der Waals surface area contributed by atoms with Crippen LogP contribution in [0, 0.1) is 11.8 Å². The molecule has 2 aromatic rings. The summed E-state index contributed by atoms with van der Waals surface area (Å²) in [6.07, 6.45) is 16.0. The number of nitrogens with zero attached hydrogens (tertiary/aromatic N) is 1. The third-order valence-corrected chi connectivity index (χ3v) is 7.04. The average Bonchev–Trinajstić information content (AvgIpc) is 2.82. The highest BCUT2D eigenvalue weighted by Gasteiger charge is 2.17. The molecule has 2 unspecified atom stereocenters. The van der Waals surface area contributed by atoms with Gasteiger partial charge in [-0.05, 0) is 42.7 Å². The monoisotopic (exact) mass is 471 g/mol. The van der Waals surface area contributed by atoms with Crippen LogP contribution in [-0.2, 0) is 6.42 Å². The van der Waals surface area contributed by atoms with Crippen molar-refractivity contribution >= 4 is 11.6 Å². The van der Waals surface area contributed by atoms with Crippen LogP contribution in [0.3, 0.4) is 0 Å². The smallest absolute Gasteiger partial charge is 0.145 e. The largest absolute Gasteiger partial charge is 0.490 e. The molecule has 0 radical (unpaired) electrons. The van der Waals surface area contributed by atoms with Gasteiger partial charge in [-0.3, -0.25) is 4.98 Å². The molecule has 3 heteroatoms. The number of halogens is 1. The summed E-state index contributed by atoms with van der Waals surface area (Å²) in [6.45, 7) is 9.60. The molecule has 0 aliphatic rings. The molecular formula is C30H46ClNO. The molecule has 0 saturated carbocycles. The minimum atomic E-state index is 0.00700. The first-order valence-electron chi connectivity index (χ1n) is 13.3. The molecule has 0 aliphatic carbocycles. The van der Waals surface area contributed by atoms with E-state index in [0.717, 1.165) is 35.8 Å². The molecule has 2 rings (SSSR count). The molecular weight excluding hydrogens is 426 g/mol. The molecule has 1 aromatic heterocycles. The lowest BCUT2D eigenvalue weighted by Gasteiger charge is -2.20.